The molecule has 0 aromatic heterocycles. The Balaban J connectivity index is 1.81. The molecule has 1 unspecified atom stereocenters. The van der Waals surface area contributed by atoms with Gasteiger partial charge >= 0.3 is 0 Å². The van der Waals surface area contributed by atoms with Gasteiger partial charge in [0.15, 0.2) is 0 Å². The highest BCUT2D eigenvalue weighted by Crippen LogP contribution is 2.42. The minimum absolute atomic E-state index is 0.229. The Hall–Kier alpha value is -0.860. The van der Waals surface area contributed by atoms with Gasteiger partial charge in [0.2, 0.25) is 0 Å². The molecule has 1 aromatic rings. The zero-order valence-corrected chi connectivity index (χ0v) is 13.0. The molecule has 1 saturated carbocycles. The number of nitrogens with zero attached hydrogens (tertiary/aromatic N) is 1. The summed E-state index contributed by atoms with van der Waals surface area (Å²) in [6.45, 7) is 7.81. The average molecular weight is 272 g/mol. The van der Waals surface area contributed by atoms with Crippen molar-refractivity contribution in [3.05, 3.63) is 35.4 Å². The van der Waals surface area contributed by atoms with E-state index in [1.165, 1.54) is 43.2 Å². The summed E-state index contributed by atoms with van der Waals surface area (Å²) in [5.41, 5.74) is 9.99. The highest BCUT2D eigenvalue weighted by Gasteiger charge is 2.41. The van der Waals surface area contributed by atoms with Crippen LogP contribution in [0.5, 0.6) is 0 Å². The predicted molar refractivity (Wildman–Crippen MR) is 84.3 cm³/mol. The van der Waals surface area contributed by atoms with Crippen molar-refractivity contribution in [2.24, 2.45) is 11.1 Å². The molecule has 0 radical (unpaired) electrons. The second-order valence-electron chi connectivity index (χ2n) is 7.57. The monoisotopic (exact) mass is 272 g/mol. The summed E-state index contributed by atoms with van der Waals surface area (Å²) in [7, 11) is 0. The summed E-state index contributed by atoms with van der Waals surface area (Å²) in [4.78, 5) is 2.67. The first-order valence-corrected chi connectivity index (χ1v) is 8.07. The minimum atomic E-state index is 0.229. The standard InChI is InChI=1S/C18H28N2/c1-17(2)8-5-9-18(14-19,11-10-17)20-12-15-6-3-4-7-16(15)13-20/h3-4,6-7H,5,8-14,19H2,1-2H3. The summed E-state index contributed by atoms with van der Waals surface area (Å²) in [5, 5.41) is 0. The summed E-state index contributed by atoms with van der Waals surface area (Å²) >= 11 is 0. The number of nitrogens with two attached hydrogens (primary N) is 1. The second-order valence-corrected chi connectivity index (χ2v) is 7.57. The number of rotatable bonds is 2. The van der Waals surface area contributed by atoms with Crippen LogP contribution < -0.4 is 5.73 Å². The SMILES string of the molecule is CC1(C)CCCC(CN)(N2Cc3ccccc3C2)CC1. The van der Waals surface area contributed by atoms with Gasteiger partial charge in [-0.25, -0.2) is 0 Å². The largest absolute Gasteiger partial charge is 0.329 e. The quantitative estimate of drug-likeness (QED) is 0.832. The highest BCUT2D eigenvalue weighted by atomic mass is 15.2. The topological polar surface area (TPSA) is 29.3 Å². The molecule has 1 aliphatic carbocycles. The van der Waals surface area contributed by atoms with Crippen molar-refractivity contribution >= 4 is 0 Å². The lowest BCUT2D eigenvalue weighted by Crippen LogP contribution is -2.51. The second kappa shape index (κ2) is 5.16. The van der Waals surface area contributed by atoms with Crippen LogP contribution in [-0.4, -0.2) is 17.0 Å². The van der Waals surface area contributed by atoms with Crippen LogP contribution in [-0.2, 0) is 13.1 Å². The molecule has 1 aliphatic heterocycles. The van der Waals surface area contributed by atoms with Crippen LogP contribution in [0.4, 0.5) is 0 Å². The molecule has 2 aliphatic rings. The third-order valence-corrected chi connectivity index (χ3v) is 5.65. The molecule has 3 rings (SSSR count). The van der Waals surface area contributed by atoms with Crippen molar-refractivity contribution in [3.8, 4) is 0 Å². The van der Waals surface area contributed by atoms with E-state index in [1.807, 2.05) is 0 Å². The molecule has 2 nitrogen and oxygen atoms in total. The maximum absolute atomic E-state index is 6.27. The summed E-state index contributed by atoms with van der Waals surface area (Å²) in [6, 6.07) is 8.88. The van der Waals surface area contributed by atoms with Crippen molar-refractivity contribution in [3.63, 3.8) is 0 Å². The molecule has 1 heterocycles. The number of benzene rings is 1. The van der Waals surface area contributed by atoms with Gasteiger partial charge in [-0.1, -0.05) is 44.5 Å². The van der Waals surface area contributed by atoms with Gasteiger partial charge in [0.05, 0.1) is 0 Å². The van der Waals surface area contributed by atoms with Gasteiger partial charge in [-0.2, -0.15) is 0 Å². The lowest BCUT2D eigenvalue weighted by molar-refractivity contribution is 0.0721. The van der Waals surface area contributed by atoms with Crippen LogP contribution in [0.25, 0.3) is 0 Å². The van der Waals surface area contributed by atoms with Gasteiger partial charge in [0.25, 0.3) is 0 Å². The van der Waals surface area contributed by atoms with Crippen LogP contribution in [0, 0.1) is 5.41 Å². The van der Waals surface area contributed by atoms with Crippen LogP contribution >= 0.6 is 0 Å². The van der Waals surface area contributed by atoms with E-state index in [2.05, 4.69) is 43.0 Å². The van der Waals surface area contributed by atoms with E-state index >= 15 is 0 Å². The minimum Gasteiger partial charge on any atom is -0.329 e. The van der Waals surface area contributed by atoms with Crippen molar-refractivity contribution in [1.29, 1.82) is 0 Å². The van der Waals surface area contributed by atoms with Crippen LogP contribution in [0.2, 0.25) is 0 Å². The van der Waals surface area contributed by atoms with E-state index in [9.17, 15) is 0 Å². The van der Waals surface area contributed by atoms with Crippen LogP contribution in [0.1, 0.15) is 57.1 Å². The predicted octanol–water partition coefficient (Wildman–Crippen LogP) is 3.69. The number of hydrogen-bond donors (Lipinski definition) is 1. The van der Waals surface area contributed by atoms with Gasteiger partial charge in [-0.05, 0) is 42.2 Å². The molecule has 2 N–H and O–H groups in total. The Kier molecular flexibility index (Phi) is 3.64. The molecule has 20 heavy (non-hydrogen) atoms. The molecule has 1 aromatic carbocycles. The fraction of sp³-hybridized carbons (Fsp3) is 0.667. The molecule has 0 saturated heterocycles. The average Bonchev–Trinajstić information content (AvgIpc) is 2.80. The first-order valence-electron chi connectivity index (χ1n) is 8.07. The lowest BCUT2D eigenvalue weighted by atomic mass is 9.83. The zero-order chi connectivity index (χ0) is 14.2. The molecule has 110 valence electrons. The smallest absolute Gasteiger partial charge is 0.0339 e. The van der Waals surface area contributed by atoms with Crippen LogP contribution in [0.3, 0.4) is 0 Å². The normalized spacial score (nSPS) is 29.9. The van der Waals surface area contributed by atoms with Gasteiger partial charge in [-0.3, -0.25) is 4.90 Å². The molecule has 2 heteroatoms. The molecular formula is C18H28N2. The molecule has 0 bridgehead atoms. The third kappa shape index (κ3) is 2.51. The Morgan fingerprint density at radius 3 is 2.25 bits per heavy atom. The van der Waals surface area contributed by atoms with Gasteiger partial charge in [0.1, 0.15) is 0 Å². The van der Waals surface area contributed by atoms with Gasteiger partial charge in [0, 0.05) is 25.2 Å². The van der Waals surface area contributed by atoms with E-state index < -0.39 is 0 Å². The van der Waals surface area contributed by atoms with Crippen molar-refractivity contribution in [1.82, 2.24) is 4.90 Å². The molecule has 1 fully saturated rings. The molecular weight excluding hydrogens is 244 g/mol. The van der Waals surface area contributed by atoms with E-state index in [-0.39, 0.29) is 5.54 Å². The fourth-order valence-electron chi connectivity index (χ4n) is 4.04. The van der Waals surface area contributed by atoms with Crippen molar-refractivity contribution in [2.45, 2.75) is 64.6 Å². The lowest BCUT2D eigenvalue weighted by Gasteiger charge is -2.41. The summed E-state index contributed by atoms with van der Waals surface area (Å²) in [6.07, 6.45) is 6.48. The summed E-state index contributed by atoms with van der Waals surface area (Å²) < 4.78 is 0. The van der Waals surface area contributed by atoms with E-state index in [0.717, 1.165) is 19.6 Å². The van der Waals surface area contributed by atoms with Crippen molar-refractivity contribution < 1.29 is 0 Å². The van der Waals surface area contributed by atoms with Gasteiger partial charge in [-0.15, -0.1) is 0 Å². The van der Waals surface area contributed by atoms with E-state index in [1.54, 1.807) is 0 Å². The number of hydrogen-bond acceptors (Lipinski definition) is 2. The third-order valence-electron chi connectivity index (χ3n) is 5.65. The molecule has 0 spiro atoms. The maximum Gasteiger partial charge on any atom is 0.0339 e. The van der Waals surface area contributed by atoms with E-state index in [4.69, 9.17) is 5.73 Å². The summed E-state index contributed by atoms with van der Waals surface area (Å²) in [5.74, 6) is 0. The first kappa shape index (κ1) is 14.1. The molecule has 0 amide bonds. The Morgan fingerprint density at radius 1 is 1.00 bits per heavy atom. The van der Waals surface area contributed by atoms with E-state index in [0.29, 0.717) is 5.41 Å². The fourth-order valence-corrected chi connectivity index (χ4v) is 4.04. The molecule has 1 atom stereocenters. The maximum atomic E-state index is 6.27. The Bertz CT molecular complexity index is 455. The highest BCUT2D eigenvalue weighted by molar-refractivity contribution is 5.31. The first-order chi connectivity index (χ1) is 9.55. The van der Waals surface area contributed by atoms with Crippen LogP contribution in [0.15, 0.2) is 24.3 Å². The Labute approximate surface area is 123 Å². The zero-order valence-electron chi connectivity index (χ0n) is 13.0. The Morgan fingerprint density at radius 2 is 1.65 bits per heavy atom. The van der Waals surface area contributed by atoms with Crippen molar-refractivity contribution in [2.75, 3.05) is 6.54 Å². The van der Waals surface area contributed by atoms with Gasteiger partial charge < -0.3 is 5.73 Å². The number of fused-ring (bicyclic) bond motifs is 1.